The van der Waals surface area contributed by atoms with E-state index in [4.69, 9.17) is 9.73 Å². The smallest absolute Gasteiger partial charge is 0.160 e. The number of Topliss-reactive ketones (excluding diaryl/α,β-unsaturated/α-hetero) is 2. The summed E-state index contributed by atoms with van der Waals surface area (Å²) < 4.78 is 5.91. The molecule has 3 aliphatic heterocycles. The number of aliphatic hydroxyl groups is 2. The van der Waals surface area contributed by atoms with Crippen molar-refractivity contribution in [3.8, 4) is 0 Å². The lowest BCUT2D eigenvalue weighted by atomic mass is 9.34. The first kappa shape index (κ1) is 42.3. The zero-order valence-corrected chi connectivity index (χ0v) is 38.6. The van der Waals surface area contributed by atoms with Crippen LogP contribution in [-0.4, -0.2) is 64.0 Å². The van der Waals surface area contributed by atoms with Crippen molar-refractivity contribution < 1.29 is 29.4 Å². The van der Waals surface area contributed by atoms with Gasteiger partial charge in [0.25, 0.3) is 0 Å². The summed E-state index contributed by atoms with van der Waals surface area (Å²) in [6.45, 7) is 18.7. The van der Waals surface area contributed by atoms with E-state index in [2.05, 4.69) is 72.0 Å². The van der Waals surface area contributed by atoms with E-state index in [9.17, 15) is 19.8 Å². The number of aliphatic imine (C=N–C) groups is 1. The third-order valence-corrected chi connectivity index (χ3v) is 19.9. The number of aliphatic hydroxyl groups excluding tert-OH is 2. The summed E-state index contributed by atoms with van der Waals surface area (Å²) in [5.41, 5.74) is 6.86. The average molecular weight is 832 g/mol. The number of ketones is 2. The molecule has 7 nitrogen and oxygen atoms in total. The van der Waals surface area contributed by atoms with Gasteiger partial charge in [0.1, 0.15) is 23.8 Å². The number of quaternary nitrogens is 1. The summed E-state index contributed by atoms with van der Waals surface area (Å²) in [5.74, 6) is 1.46. The summed E-state index contributed by atoms with van der Waals surface area (Å²) >= 11 is 0. The minimum atomic E-state index is -0.674. The largest absolute Gasteiger partial charge is 0.392 e. The second-order valence-corrected chi connectivity index (χ2v) is 23.6. The molecule has 0 radical (unpaired) electrons. The van der Waals surface area contributed by atoms with Crippen molar-refractivity contribution >= 4 is 17.3 Å². The number of fused-ring (bicyclic) bond motifs is 6. The number of carbonyl (C=O) groups excluding carboxylic acids is 2. The van der Waals surface area contributed by atoms with E-state index in [1.54, 1.807) is 0 Å². The van der Waals surface area contributed by atoms with Crippen molar-refractivity contribution in [1.82, 2.24) is 0 Å². The van der Waals surface area contributed by atoms with Crippen LogP contribution in [0.15, 0.2) is 58.4 Å². The maximum atomic E-state index is 14.9. The standard InChI is InChI=1S/C54H74N2O5/c1-31-23-33(26-35(24-31)34-13-9-10-14-34)27-36-29-56(39-19-22-55-46(36)39)30-38-45-44(32(2)25-40(57)49-50(3,4)61-49)41(58)28-53(45,7)52(6)21-17-42-51(5,48(52)47(38)60)20-18-43(59)54(42,8)37-15-11-12-16-37/h19,22-24,26,29,32,34,37-40,42,47-49,57,60H,9-18,20-21,25,27-28,30H2,1-8H3/p+1. The Hall–Kier alpha value is -2.71. The predicted octanol–water partition coefficient (Wildman–Crippen LogP) is 8.74. The van der Waals surface area contributed by atoms with Gasteiger partial charge in [-0.2, -0.15) is 0 Å². The molecular weight excluding hydrogens is 757 g/mol. The topological polar surface area (TPSA) is 104 Å². The molecular formula is C54H75N2O5+. The van der Waals surface area contributed by atoms with Crippen LogP contribution in [0.25, 0.3) is 0 Å². The number of hydrogen-bond acceptors (Lipinski definition) is 6. The average Bonchev–Trinajstić information content (AvgIpc) is 3.93. The number of ether oxygens (including phenoxy) is 1. The molecule has 1 saturated heterocycles. The minimum absolute atomic E-state index is 0.0564. The molecule has 5 saturated carbocycles. The van der Waals surface area contributed by atoms with E-state index in [0.29, 0.717) is 43.4 Å². The van der Waals surface area contributed by atoms with Crippen LogP contribution in [-0.2, 0) is 20.7 Å². The quantitative estimate of drug-likeness (QED) is 0.205. The molecule has 9 aliphatic rings. The van der Waals surface area contributed by atoms with E-state index in [0.717, 1.165) is 49.8 Å². The lowest BCUT2D eigenvalue weighted by molar-refractivity contribution is -0.856. The van der Waals surface area contributed by atoms with E-state index >= 15 is 0 Å². The second-order valence-electron chi connectivity index (χ2n) is 23.6. The highest BCUT2D eigenvalue weighted by Crippen LogP contribution is 2.75. The third kappa shape index (κ3) is 6.33. The summed E-state index contributed by atoms with van der Waals surface area (Å²) in [6, 6.07) is 7.28. The van der Waals surface area contributed by atoms with Gasteiger partial charge in [-0.25, -0.2) is 0 Å². The van der Waals surface area contributed by atoms with Gasteiger partial charge < -0.3 is 14.9 Å². The SMILES string of the molecule is Cc1cc(CC2=C[NH+](CC3C4=C(C(C)CC(O)C5OC5(C)C)C(=O)CC4(C)C4(C)CCC5C(C)(CCC(=O)C5(C)C5CCCC5)C4C3O)C3C=CN=C23)cc(C2CCCC2)c1. The first-order valence-electron chi connectivity index (χ1n) is 24.7. The summed E-state index contributed by atoms with van der Waals surface area (Å²) in [5, 5.41) is 25.1. The molecule has 7 heteroatoms. The number of benzene rings is 1. The molecule has 3 heterocycles. The molecule has 61 heavy (non-hydrogen) atoms. The Kier molecular flexibility index (Phi) is 10.2. The summed E-state index contributed by atoms with van der Waals surface area (Å²) in [6.07, 6.45) is 20.0. The molecule has 0 amide bonds. The Morgan fingerprint density at radius 2 is 1.66 bits per heavy atom. The minimum Gasteiger partial charge on any atom is -0.392 e. The van der Waals surface area contributed by atoms with Crippen molar-refractivity contribution in [3.63, 3.8) is 0 Å². The molecule has 0 bridgehead atoms. The van der Waals surface area contributed by atoms with Crippen LogP contribution >= 0.6 is 0 Å². The van der Waals surface area contributed by atoms with Crippen LogP contribution in [0.4, 0.5) is 0 Å². The lowest BCUT2D eigenvalue weighted by Gasteiger charge is -2.70. The molecule has 330 valence electrons. The van der Waals surface area contributed by atoms with Crippen molar-refractivity contribution in [2.24, 2.45) is 56.2 Å². The molecule has 10 rings (SSSR count). The Labute approximate surface area is 366 Å². The van der Waals surface area contributed by atoms with Gasteiger partial charge in [0.15, 0.2) is 11.8 Å². The number of carbonyl (C=O) groups is 2. The maximum absolute atomic E-state index is 14.9. The van der Waals surface area contributed by atoms with E-state index in [-0.39, 0.29) is 63.4 Å². The molecule has 1 aromatic rings. The summed E-state index contributed by atoms with van der Waals surface area (Å²) in [4.78, 5) is 35.5. The first-order valence-corrected chi connectivity index (χ1v) is 24.7. The van der Waals surface area contributed by atoms with Crippen molar-refractivity contribution in [1.29, 1.82) is 0 Å². The number of hydrogen-bond donors (Lipinski definition) is 3. The van der Waals surface area contributed by atoms with Gasteiger partial charge in [0, 0.05) is 41.9 Å². The number of nitrogens with one attached hydrogen (secondary N) is 1. The van der Waals surface area contributed by atoms with Gasteiger partial charge in [-0.3, -0.25) is 19.5 Å². The molecule has 6 fully saturated rings. The van der Waals surface area contributed by atoms with Crippen LogP contribution in [0.5, 0.6) is 0 Å². The molecule has 13 atom stereocenters. The predicted molar refractivity (Wildman–Crippen MR) is 240 cm³/mol. The Morgan fingerprint density at radius 3 is 2.36 bits per heavy atom. The fraction of sp³-hybridized carbons (Fsp3) is 0.722. The monoisotopic (exact) mass is 832 g/mol. The van der Waals surface area contributed by atoms with E-state index in [1.807, 2.05) is 20.0 Å². The van der Waals surface area contributed by atoms with Crippen LogP contribution in [0.3, 0.4) is 0 Å². The van der Waals surface area contributed by atoms with Crippen molar-refractivity contribution in [2.45, 2.75) is 188 Å². The number of aryl methyl sites for hydroxylation is 1. The second kappa shape index (κ2) is 14.7. The number of allylic oxidation sites excluding steroid dienone is 1. The zero-order valence-electron chi connectivity index (χ0n) is 38.6. The first-order chi connectivity index (χ1) is 28.9. The molecule has 6 aliphatic carbocycles. The Morgan fingerprint density at radius 1 is 0.951 bits per heavy atom. The Balaban J connectivity index is 1.05. The van der Waals surface area contributed by atoms with E-state index in [1.165, 1.54) is 71.3 Å². The molecule has 13 unspecified atom stereocenters. The van der Waals surface area contributed by atoms with Gasteiger partial charge in [-0.05, 0) is 141 Å². The van der Waals surface area contributed by atoms with Crippen LogP contribution < -0.4 is 4.90 Å². The van der Waals surface area contributed by atoms with Gasteiger partial charge in [0.2, 0.25) is 0 Å². The van der Waals surface area contributed by atoms with Crippen LogP contribution in [0, 0.1) is 58.2 Å². The van der Waals surface area contributed by atoms with Crippen LogP contribution in [0.2, 0.25) is 0 Å². The van der Waals surface area contributed by atoms with Gasteiger partial charge in [-0.15, -0.1) is 0 Å². The fourth-order valence-electron chi connectivity index (χ4n) is 16.8. The highest BCUT2D eigenvalue weighted by molar-refractivity contribution is 6.07. The number of rotatable bonds is 10. The summed E-state index contributed by atoms with van der Waals surface area (Å²) in [7, 11) is 0. The van der Waals surface area contributed by atoms with E-state index < -0.39 is 17.6 Å². The Bertz CT molecular complexity index is 2120. The van der Waals surface area contributed by atoms with Crippen molar-refractivity contribution in [3.05, 3.63) is 70.1 Å². The third-order valence-electron chi connectivity index (χ3n) is 19.9. The van der Waals surface area contributed by atoms with Crippen LogP contribution in [0.1, 0.15) is 161 Å². The fourth-order valence-corrected chi connectivity index (χ4v) is 16.8. The highest BCUT2D eigenvalue weighted by Gasteiger charge is 2.73. The lowest BCUT2D eigenvalue weighted by Crippen LogP contribution is -3.11. The van der Waals surface area contributed by atoms with Gasteiger partial charge >= 0.3 is 0 Å². The normalized spacial score (nSPS) is 42.6. The van der Waals surface area contributed by atoms with Crippen molar-refractivity contribution in [2.75, 3.05) is 6.54 Å². The molecule has 3 N–H and O–H groups in total. The zero-order chi connectivity index (χ0) is 43.0. The van der Waals surface area contributed by atoms with Gasteiger partial charge in [0.05, 0.1) is 30.3 Å². The van der Waals surface area contributed by atoms with Gasteiger partial charge in [-0.1, -0.05) is 84.1 Å². The number of epoxide rings is 1. The molecule has 1 aromatic carbocycles. The molecule has 0 spiro atoms. The maximum Gasteiger partial charge on any atom is 0.160 e. The highest BCUT2D eigenvalue weighted by atomic mass is 16.6. The number of nitrogens with zero attached hydrogens (tertiary/aromatic N) is 1. The molecule has 0 aromatic heterocycles.